The number of allylic oxidation sites excluding steroid dienone is 3. The molecule has 2 heterocycles. The van der Waals surface area contributed by atoms with Crippen molar-refractivity contribution in [1.29, 1.82) is 5.26 Å². The molecule has 0 saturated carbocycles. The van der Waals surface area contributed by atoms with Gasteiger partial charge in [0.15, 0.2) is 0 Å². The summed E-state index contributed by atoms with van der Waals surface area (Å²) < 4.78 is 2.00. The second-order valence-corrected chi connectivity index (χ2v) is 5.05. The van der Waals surface area contributed by atoms with Crippen molar-refractivity contribution < 1.29 is 9.90 Å². The molecule has 0 saturated heterocycles. The molecule has 1 aromatic heterocycles. The van der Waals surface area contributed by atoms with Crippen LogP contribution in [0.3, 0.4) is 0 Å². The first-order chi connectivity index (χ1) is 10.7. The molecule has 1 N–H and O–H groups in total. The fraction of sp³-hybridized carbons (Fsp3) is 0.111. The minimum Gasteiger partial charge on any atom is -0.478 e. The molecule has 0 radical (unpaired) electrons. The molecule has 1 aliphatic heterocycles. The van der Waals surface area contributed by atoms with E-state index in [1.165, 1.54) is 0 Å². The quantitative estimate of drug-likeness (QED) is 0.917. The van der Waals surface area contributed by atoms with E-state index in [2.05, 4.69) is 12.1 Å². The molecule has 0 amide bonds. The number of carboxylic acids is 1. The average Bonchev–Trinajstić information content (AvgIpc) is 2.84. The first kappa shape index (κ1) is 13.9. The SMILES string of the molecule is N#Cc1cc(-c2ccc(C(=O)O)cc2)c2n1CC/C=C\C=C/2. The van der Waals surface area contributed by atoms with Crippen molar-refractivity contribution in [3.63, 3.8) is 0 Å². The third kappa shape index (κ3) is 2.45. The monoisotopic (exact) mass is 290 g/mol. The molecule has 0 spiro atoms. The van der Waals surface area contributed by atoms with E-state index in [-0.39, 0.29) is 5.56 Å². The Hall–Kier alpha value is -3.06. The molecular formula is C18H14N2O2. The Morgan fingerprint density at radius 1 is 1.23 bits per heavy atom. The van der Waals surface area contributed by atoms with Gasteiger partial charge in [0.1, 0.15) is 11.8 Å². The predicted molar refractivity (Wildman–Crippen MR) is 84.3 cm³/mol. The highest BCUT2D eigenvalue weighted by Gasteiger charge is 2.15. The number of rotatable bonds is 2. The van der Waals surface area contributed by atoms with Crippen LogP contribution in [0.25, 0.3) is 17.2 Å². The van der Waals surface area contributed by atoms with E-state index in [4.69, 9.17) is 5.11 Å². The molecule has 0 unspecified atom stereocenters. The number of aromatic nitrogens is 1. The topological polar surface area (TPSA) is 66.0 Å². The zero-order valence-electron chi connectivity index (χ0n) is 11.9. The second-order valence-electron chi connectivity index (χ2n) is 5.05. The normalized spacial score (nSPS) is 16.0. The Bertz CT molecular complexity index is 818. The molecule has 0 atom stereocenters. The van der Waals surface area contributed by atoms with Crippen LogP contribution < -0.4 is 0 Å². The summed E-state index contributed by atoms with van der Waals surface area (Å²) in [5.41, 5.74) is 3.70. The number of aromatic carboxylic acids is 1. The van der Waals surface area contributed by atoms with Crippen LogP contribution in [0, 0.1) is 11.3 Å². The highest BCUT2D eigenvalue weighted by atomic mass is 16.4. The van der Waals surface area contributed by atoms with E-state index in [1.54, 1.807) is 24.3 Å². The third-order valence-corrected chi connectivity index (χ3v) is 3.72. The van der Waals surface area contributed by atoms with Crippen LogP contribution in [0.5, 0.6) is 0 Å². The van der Waals surface area contributed by atoms with E-state index < -0.39 is 5.97 Å². The summed E-state index contributed by atoms with van der Waals surface area (Å²) in [7, 11) is 0. The maximum Gasteiger partial charge on any atom is 0.335 e. The highest BCUT2D eigenvalue weighted by Crippen LogP contribution is 2.30. The van der Waals surface area contributed by atoms with Crippen LogP contribution in [0.15, 0.2) is 48.6 Å². The number of hydrogen-bond donors (Lipinski definition) is 1. The molecule has 0 bridgehead atoms. The number of nitriles is 1. The maximum atomic E-state index is 10.9. The molecule has 1 aliphatic rings. The molecule has 2 aromatic rings. The Balaban J connectivity index is 2.13. The van der Waals surface area contributed by atoms with Crippen LogP contribution in [-0.2, 0) is 6.54 Å². The van der Waals surface area contributed by atoms with E-state index in [9.17, 15) is 10.1 Å². The summed E-state index contributed by atoms with van der Waals surface area (Å²) in [5.74, 6) is -0.943. The third-order valence-electron chi connectivity index (χ3n) is 3.72. The van der Waals surface area contributed by atoms with E-state index >= 15 is 0 Å². The van der Waals surface area contributed by atoms with Gasteiger partial charge in [-0.25, -0.2) is 4.79 Å². The molecule has 0 aliphatic carbocycles. The fourth-order valence-electron chi connectivity index (χ4n) is 2.63. The van der Waals surface area contributed by atoms with Crippen molar-refractivity contribution >= 4 is 12.0 Å². The van der Waals surface area contributed by atoms with Gasteiger partial charge in [-0.15, -0.1) is 0 Å². The van der Waals surface area contributed by atoms with Crippen molar-refractivity contribution in [3.8, 4) is 17.2 Å². The zero-order chi connectivity index (χ0) is 15.5. The lowest BCUT2D eigenvalue weighted by molar-refractivity contribution is 0.0697. The Kier molecular flexibility index (Phi) is 3.63. The molecule has 4 heteroatoms. The number of hydrogen-bond acceptors (Lipinski definition) is 2. The average molecular weight is 290 g/mol. The minimum atomic E-state index is -0.943. The number of fused-ring (bicyclic) bond motifs is 1. The maximum absolute atomic E-state index is 10.9. The predicted octanol–water partition coefficient (Wildman–Crippen LogP) is 3.70. The van der Waals surface area contributed by atoms with Crippen molar-refractivity contribution in [1.82, 2.24) is 4.57 Å². The summed E-state index contributed by atoms with van der Waals surface area (Å²) in [6.45, 7) is 0.756. The van der Waals surface area contributed by atoms with Crippen molar-refractivity contribution in [2.45, 2.75) is 13.0 Å². The van der Waals surface area contributed by atoms with Gasteiger partial charge in [-0.1, -0.05) is 30.4 Å². The number of carboxylic acid groups (broad SMARTS) is 1. The summed E-state index contributed by atoms with van der Waals surface area (Å²) >= 11 is 0. The Morgan fingerprint density at radius 3 is 2.68 bits per heavy atom. The standard InChI is InChI=1S/C18H14N2O2/c19-12-15-11-16(13-6-8-14(9-7-13)18(21)22)17-5-3-1-2-4-10-20(15)17/h1-3,5-9,11H,4,10H2,(H,21,22)/b2-1-,5-3-. The summed E-state index contributed by atoms with van der Waals surface area (Å²) in [6.07, 6.45) is 8.89. The zero-order valence-corrected chi connectivity index (χ0v) is 11.9. The first-order valence-corrected chi connectivity index (χ1v) is 7.01. The van der Waals surface area contributed by atoms with Gasteiger partial charge in [0, 0.05) is 17.8 Å². The van der Waals surface area contributed by atoms with Crippen LogP contribution in [0.1, 0.15) is 28.2 Å². The number of benzene rings is 1. The van der Waals surface area contributed by atoms with Gasteiger partial charge in [-0.05, 0) is 36.3 Å². The van der Waals surface area contributed by atoms with E-state index in [1.807, 2.05) is 28.9 Å². The fourth-order valence-corrected chi connectivity index (χ4v) is 2.63. The van der Waals surface area contributed by atoms with E-state index in [0.29, 0.717) is 5.69 Å². The van der Waals surface area contributed by atoms with Crippen LogP contribution in [0.4, 0.5) is 0 Å². The van der Waals surface area contributed by atoms with Crippen LogP contribution in [0.2, 0.25) is 0 Å². The van der Waals surface area contributed by atoms with Crippen molar-refractivity contribution in [3.05, 3.63) is 65.5 Å². The first-order valence-electron chi connectivity index (χ1n) is 7.01. The smallest absolute Gasteiger partial charge is 0.335 e. The van der Waals surface area contributed by atoms with Gasteiger partial charge in [0.2, 0.25) is 0 Å². The second kappa shape index (κ2) is 5.74. The summed E-state index contributed by atoms with van der Waals surface area (Å²) in [6, 6.07) is 10.8. The van der Waals surface area contributed by atoms with Gasteiger partial charge in [0.05, 0.1) is 5.56 Å². The Morgan fingerprint density at radius 2 is 2.00 bits per heavy atom. The lowest BCUT2D eigenvalue weighted by Crippen LogP contribution is -2.03. The lowest BCUT2D eigenvalue weighted by Gasteiger charge is -2.10. The number of carbonyl (C=O) groups is 1. The van der Waals surface area contributed by atoms with Gasteiger partial charge in [0.25, 0.3) is 0 Å². The van der Waals surface area contributed by atoms with Gasteiger partial charge >= 0.3 is 5.97 Å². The molecule has 4 nitrogen and oxygen atoms in total. The van der Waals surface area contributed by atoms with Crippen LogP contribution >= 0.6 is 0 Å². The molecule has 0 fully saturated rings. The summed E-state index contributed by atoms with van der Waals surface area (Å²) in [4.78, 5) is 10.9. The largest absolute Gasteiger partial charge is 0.478 e. The highest BCUT2D eigenvalue weighted by molar-refractivity contribution is 5.88. The van der Waals surface area contributed by atoms with Gasteiger partial charge < -0.3 is 9.67 Å². The van der Waals surface area contributed by atoms with Crippen LogP contribution in [-0.4, -0.2) is 15.6 Å². The summed E-state index contributed by atoms with van der Waals surface area (Å²) in [5, 5.41) is 18.3. The minimum absolute atomic E-state index is 0.254. The number of nitrogens with zero attached hydrogens (tertiary/aromatic N) is 2. The Labute approximate surface area is 128 Å². The molecule has 3 rings (SSSR count). The molecular weight excluding hydrogens is 276 g/mol. The molecule has 22 heavy (non-hydrogen) atoms. The van der Waals surface area contributed by atoms with Crippen molar-refractivity contribution in [2.75, 3.05) is 0 Å². The van der Waals surface area contributed by atoms with Crippen molar-refractivity contribution in [2.24, 2.45) is 0 Å². The van der Waals surface area contributed by atoms with E-state index in [0.717, 1.165) is 29.8 Å². The molecule has 108 valence electrons. The van der Waals surface area contributed by atoms with Gasteiger partial charge in [-0.2, -0.15) is 5.26 Å². The van der Waals surface area contributed by atoms with Gasteiger partial charge in [-0.3, -0.25) is 0 Å². The molecule has 1 aromatic carbocycles. The lowest BCUT2D eigenvalue weighted by atomic mass is 10.0.